The number of carbonyl (C=O) groups excluding carboxylic acids is 2. The highest BCUT2D eigenvalue weighted by Gasteiger charge is 2.31. The molecule has 22 heavy (non-hydrogen) atoms. The average molecular weight is 309 g/mol. The number of primary amides is 1. The molecular formula is C13H15N3O6. The number of amides is 2. The molecule has 1 aliphatic rings. The summed E-state index contributed by atoms with van der Waals surface area (Å²) in [6.07, 6.45) is -0.0369. The molecule has 1 aliphatic heterocycles. The van der Waals surface area contributed by atoms with Gasteiger partial charge in [0.15, 0.2) is 0 Å². The molecule has 1 aromatic rings. The zero-order valence-electron chi connectivity index (χ0n) is 11.6. The molecule has 1 saturated heterocycles. The molecule has 2 rings (SSSR count). The lowest BCUT2D eigenvalue weighted by Crippen LogP contribution is -2.40. The standard InChI is InChI=1S/C13H15N3O6/c14-12(17)21-8-10-2-1-7-15(10)13(18)22-11-5-3-9(4-6-11)16(19)20/h3-6,10H,1-2,7-8H2,(H2,14,17). The Bertz CT molecular complexity index is 574. The topological polar surface area (TPSA) is 125 Å². The van der Waals surface area contributed by atoms with Gasteiger partial charge in [-0.15, -0.1) is 0 Å². The summed E-state index contributed by atoms with van der Waals surface area (Å²) in [5, 5.41) is 10.6. The van der Waals surface area contributed by atoms with E-state index in [0.29, 0.717) is 13.0 Å². The van der Waals surface area contributed by atoms with E-state index in [1.54, 1.807) is 0 Å². The SMILES string of the molecule is NC(=O)OCC1CCCN1C(=O)Oc1ccc([N+](=O)[O-])cc1. The summed E-state index contributed by atoms with van der Waals surface area (Å²) < 4.78 is 9.88. The number of rotatable bonds is 4. The molecule has 0 aromatic heterocycles. The number of nitrogens with zero attached hydrogens (tertiary/aromatic N) is 2. The maximum atomic E-state index is 12.1. The van der Waals surface area contributed by atoms with E-state index in [2.05, 4.69) is 0 Å². The number of nitro benzene ring substituents is 1. The third-order valence-electron chi connectivity index (χ3n) is 3.28. The van der Waals surface area contributed by atoms with E-state index in [1.807, 2.05) is 0 Å². The second-order valence-corrected chi connectivity index (χ2v) is 4.74. The first-order valence-corrected chi connectivity index (χ1v) is 6.62. The van der Waals surface area contributed by atoms with Gasteiger partial charge in [0.1, 0.15) is 12.4 Å². The first-order chi connectivity index (χ1) is 10.5. The van der Waals surface area contributed by atoms with Crippen molar-refractivity contribution < 1.29 is 24.0 Å². The lowest BCUT2D eigenvalue weighted by molar-refractivity contribution is -0.384. The van der Waals surface area contributed by atoms with Gasteiger partial charge >= 0.3 is 12.2 Å². The fourth-order valence-corrected chi connectivity index (χ4v) is 2.22. The molecule has 2 amide bonds. The van der Waals surface area contributed by atoms with Crippen LogP contribution in [0.25, 0.3) is 0 Å². The molecule has 0 spiro atoms. The van der Waals surface area contributed by atoms with Crippen LogP contribution in [-0.2, 0) is 4.74 Å². The van der Waals surface area contributed by atoms with Crippen LogP contribution in [0.2, 0.25) is 0 Å². The number of nitrogens with two attached hydrogens (primary N) is 1. The molecule has 1 unspecified atom stereocenters. The Labute approximate surface area is 125 Å². The fraction of sp³-hybridized carbons (Fsp3) is 0.385. The monoisotopic (exact) mass is 309 g/mol. The zero-order valence-corrected chi connectivity index (χ0v) is 11.6. The Morgan fingerprint density at radius 1 is 1.36 bits per heavy atom. The highest BCUT2D eigenvalue weighted by atomic mass is 16.6. The molecule has 9 heteroatoms. The summed E-state index contributed by atoms with van der Waals surface area (Å²) in [6.45, 7) is 0.503. The second kappa shape index (κ2) is 6.74. The van der Waals surface area contributed by atoms with Gasteiger partial charge in [-0.05, 0) is 25.0 Å². The fourth-order valence-electron chi connectivity index (χ4n) is 2.22. The van der Waals surface area contributed by atoms with Crippen molar-refractivity contribution in [1.29, 1.82) is 0 Å². The summed E-state index contributed by atoms with van der Waals surface area (Å²) in [5.41, 5.74) is 4.81. The van der Waals surface area contributed by atoms with Crippen LogP contribution in [-0.4, -0.2) is 41.2 Å². The van der Waals surface area contributed by atoms with Crippen LogP contribution in [0.15, 0.2) is 24.3 Å². The smallest absolute Gasteiger partial charge is 0.415 e. The molecule has 0 saturated carbocycles. The van der Waals surface area contributed by atoms with Crippen molar-refractivity contribution in [2.24, 2.45) is 5.73 Å². The number of hydrogen-bond acceptors (Lipinski definition) is 6. The van der Waals surface area contributed by atoms with E-state index in [-0.39, 0.29) is 24.1 Å². The molecule has 9 nitrogen and oxygen atoms in total. The van der Waals surface area contributed by atoms with Crippen molar-refractivity contribution in [2.75, 3.05) is 13.2 Å². The molecular weight excluding hydrogens is 294 g/mol. The lowest BCUT2D eigenvalue weighted by Gasteiger charge is -2.23. The Kier molecular flexibility index (Phi) is 4.77. The predicted molar refractivity (Wildman–Crippen MR) is 74.4 cm³/mol. The number of ether oxygens (including phenoxy) is 2. The molecule has 0 aliphatic carbocycles. The number of non-ortho nitro benzene ring substituents is 1. The van der Waals surface area contributed by atoms with Crippen molar-refractivity contribution in [2.45, 2.75) is 18.9 Å². The van der Waals surface area contributed by atoms with Gasteiger partial charge in [-0.25, -0.2) is 9.59 Å². The lowest BCUT2D eigenvalue weighted by atomic mass is 10.2. The number of carbonyl (C=O) groups is 2. The van der Waals surface area contributed by atoms with Gasteiger partial charge in [0, 0.05) is 18.7 Å². The highest BCUT2D eigenvalue weighted by molar-refractivity contribution is 5.71. The number of hydrogen-bond donors (Lipinski definition) is 1. The normalized spacial score (nSPS) is 17.1. The van der Waals surface area contributed by atoms with Crippen LogP contribution < -0.4 is 10.5 Å². The van der Waals surface area contributed by atoms with Crippen LogP contribution in [0.5, 0.6) is 5.75 Å². The van der Waals surface area contributed by atoms with Gasteiger partial charge in [-0.2, -0.15) is 0 Å². The van der Waals surface area contributed by atoms with Gasteiger partial charge in [0.05, 0.1) is 11.0 Å². The maximum Gasteiger partial charge on any atom is 0.415 e. The van der Waals surface area contributed by atoms with Crippen LogP contribution in [0, 0.1) is 10.1 Å². The van der Waals surface area contributed by atoms with E-state index in [0.717, 1.165) is 6.42 Å². The van der Waals surface area contributed by atoms with Crippen molar-refractivity contribution in [3.63, 3.8) is 0 Å². The second-order valence-electron chi connectivity index (χ2n) is 4.74. The van der Waals surface area contributed by atoms with Gasteiger partial charge in [0.25, 0.3) is 5.69 Å². The van der Waals surface area contributed by atoms with Gasteiger partial charge in [-0.3, -0.25) is 10.1 Å². The molecule has 1 fully saturated rings. The van der Waals surface area contributed by atoms with E-state index < -0.39 is 17.1 Å². The summed E-state index contributed by atoms with van der Waals surface area (Å²) in [5.74, 6) is 0.206. The minimum absolute atomic E-state index is 0.0185. The van der Waals surface area contributed by atoms with Crippen molar-refractivity contribution in [3.8, 4) is 5.75 Å². The molecule has 118 valence electrons. The quantitative estimate of drug-likeness (QED) is 0.666. The third kappa shape index (κ3) is 3.84. The van der Waals surface area contributed by atoms with Crippen LogP contribution in [0.4, 0.5) is 15.3 Å². The summed E-state index contributed by atoms with van der Waals surface area (Å²) >= 11 is 0. The number of nitro groups is 1. The summed E-state index contributed by atoms with van der Waals surface area (Å²) in [4.78, 5) is 34.2. The van der Waals surface area contributed by atoms with E-state index in [1.165, 1.54) is 29.2 Å². The highest BCUT2D eigenvalue weighted by Crippen LogP contribution is 2.22. The molecule has 1 aromatic carbocycles. The Morgan fingerprint density at radius 2 is 2.05 bits per heavy atom. The van der Waals surface area contributed by atoms with Gasteiger partial charge in [0.2, 0.25) is 0 Å². The van der Waals surface area contributed by atoms with Gasteiger partial charge < -0.3 is 20.1 Å². The molecule has 1 atom stereocenters. The Hall–Kier alpha value is -2.84. The van der Waals surface area contributed by atoms with Crippen molar-refractivity contribution in [3.05, 3.63) is 34.4 Å². The first-order valence-electron chi connectivity index (χ1n) is 6.62. The van der Waals surface area contributed by atoms with E-state index >= 15 is 0 Å². The minimum Gasteiger partial charge on any atom is -0.448 e. The zero-order chi connectivity index (χ0) is 16.1. The summed E-state index contributed by atoms with van der Waals surface area (Å²) in [7, 11) is 0. The average Bonchev–Trinajstić information content (AvgIpc) is 2.94. The van der Waals surface area contributed by atoms with E-state index in [4.69, 9.17) is 15.2 Å². The predicted octanol–water partition coefficient (Wildman–Crippen LogP) is 1.65. The molecule has 1 heterocycles. The third-order valence-corrected chi connectivity index (χ3v) is 3.28. The summed E-state index contributed by atoms with van der Waals surface area (Å²) in [6, 6.07) is 4.92. The van der Waals surface area contributed by atoms with Crippen molar-refractivity contribution in [1.82, 2.24) is 4.90 Å². The van der Waals surface area contributed by atoms with E-state index in [9.17, 15) is 19.7 Å². The Morgan fingerprint density at radius 3 is 2.64 bits per heavy atom. The minimum atomic E-state index is -0.893. The molecule has 0 bridgehead atoms. The van der Waals surface area contributed by atoms with Crippen LogP contribution in [0.1, 0.15) is 12.8 Å². The van der Waals surface area contributed by atoms with Crippen LogP contribution in [0.3, 0.4) is 0 Å². The number of benzene rings is 1. The molecule has 0 radical (unpaired) electrons. The van der Waals surface area contributed by atoms with Crippen molar-refractivity contribution >= 4 is 17.9 Å². The first kappa shape index (κ1) is 15.5. The van der Waals surface area contributed by atoms with Gasteiger partial charge in [-0.1, -0.05) is 0 Å². The maximum absolute atomic E-state index is 12.1. The Balaban J connectivity index is 1.95. The largest absolute Gasteiger partial charge is 0.448 e. The van der Waals surface area contributed by atoms with Crippen LogP contribution >= 0.6 is 0 Å². The number of likely N-dealkylation sites (tertiary alicyclic amines) is 1. The molecule has 2 N–H and O–H groups in total.